The average molecular weight is 457 g/mol. The van der Waals surface area contributed by atoms with Gasteiger partial charge in [-0.15, -0.1) is 0 Å². The lowest BCUT2D eigenvalue weighted by molar-refractivity contribution is 0.310. The zero-order chi connectivity index (χ0) is 23.5. The fourth-order valence-electron chi connectivity index (χ4n) is 4.87. The summed E-state index contributed by atoms with van der Waals surface area (Å²) in [7, 11) is 0. The maximum atomic E-state index is 15.0. The number of aryl methyl sites for hydroxylation is 1. The summed E-state index contributed by atoms with van der Waals surface area (Å²) in [4.78, 5) is 0. The fourth-order valence-corrected chi connectivity index (χ4v) is 4.87. The molecular formula is C28H28F4O. The third-order valence-electron chi connectivity index (χ3n) is 6.77. The van der Waals surface area contributed by atoms with Gasteiger partial charge in [0.05, 0.1) is 6.61 Å². The summed E-state index contributed by atoms with van der Waals surface area (Å²) in [5.41, 5.74) is 2.72. The molecule has 4 rings (SSSR count). The molecule has 0 N–H and O–H groups in total. The molecule has 33 heavy (non-hydrogen) atoms. The SMILES string of the molecule is CCOc1ccc(C2CCC(c3ccc(-c4ccc(CC)cc4)c(F)c3F)CC2)c(F)c1F. The first-order chi connectivity index (χ1) is 15.9. The molecule has 0 heterocycles. The van der Waals surface area contributed by atoms with Crippen molar-refractivity contribution in [2.75, 3.05) is 6.61 Å². The van der Waals surface area contributed by atoms with Crippen molar-refractivity contribution in [1.29, 1.82) is 0 Å². The Balaban J connectivity index is 1.50. The first-order valence-corrected chi connectivity index (χ1v) is 11.6. The lowest BCUT2D eigenvalue weighted by atomic mass is 9.75. The second-order valence-corrected chi connectivity index (χ2v) is 8.64. The van der Waals surface area contributed by atoms with Crippen molar-refractivity contribution < 1.29 is 22.3 Å². The van der Waals surface area contributed by atoms with E-state index in [9.17, 15) is 13.2 Å². The first-order valence-electron chi connectivity index (χ1n) is 11.6. The Bertz CT molecular complexity index is 1120. The normalized spacial score (nSPS) is 18.4. The van der Waals surface area contributed by atoms with Gasteiger partial charge in [-0.05, 0) is 79.2 Å². The minimum absolute atomic E-state index is 0.0885. The number of ether oxygens (including phenoxy) is 1. The van der Waals surface area contributed by atoms with Crippen molar-refractivity contribution in [2.24, 2.45) is 0 Å². The Morgan fingerprint density at radius 1 is 0.667 bits per heavy atom. The van der Waals surface area contributed by atoms with Crippen LogP contribution in [0.3, 0.4) is 0 Å². The minimum Gasteiger partial charge on any atom is -0.491 e. The van der Waals surface area contributed by atoms with E-state index in [2.05, 4.69) is 0 Å². The van der Waals surface area contributed by atoms with Gasteiger partial charge in [0, 0.05) is 5.56 Å². The van der Waals surface area contributed by atoms with Crippen molar-refractivity contribution >= 4 is 0 Å². The molecule has 3 aromatic rings. The molecule has 0 aromatic heterocycles. The second-order valence-electron chi connectivity index (χ2n) is 8.64. The van der Waals surface area contributed by atoms with Crippen molar-refractivity contribution in [3.05, 3.63) is 88.5 Å². The maximum Gasteiger partial charge on any atom is 0.200 e. The Morgan fingerprint density at radius 3 is 1.76 bits per heavy atom. The van der Waals surface area contributed by atoms with Gasteiger partial charge in [-0.3, -0.25) is 0 Å². The van der Waals surface area contributed by atoms with E-state index < -0.39 is 23.3 Å². The van der Waals surface area contributed by atoms with E-state index in [1.54, 1.807) is 25.1 Å². The molecule has 1 aliphatic rings. The van der Waals surface area contributed by atoms with Crippen molar-refractivity contribution in [2.45, 2.75) is 57.8 Å². The van der Waals surface area contributed by atoms with Crippen molar-refractivity contribution in [3.8, 4) is 16.9 Å². The van der Waals surface area contributed by atoms with Crippen LogP contribution in [0, 0.1) is 23.3 Å². The Kier molecular flexibility index (Phi) is 7.06. The first kappa shape index (κ1) is 23.3. The topological polar surface area (TPSA) is 9.23 Å². The predicted octanol–water partition coefficient (Wildman–Crippen LogP) is 8.31. The van der Waals surface area contributed by atoms with E-state index in [4.69, 9.17) is 4.74 Å². The molecule has 1 nitrogen and oxygen atoms in total. The van der Waals surface area contributed by atoms with Crippen molar-refractivity contribution in [3.63, 3.8) is 0 Å². The monoisotopic (exact) mass is 456 g/mol. The lowest BCUT2D eigenvalue weighted by Gasteiger charge is -2.30. The molecule has 1 aliphatic carbocycles. The highest BCUT2D eigenvalue weighted by atomic mass is 19.2. The van der Waals surface area contributed by atoms with Gasteiger partial charge < -0.3 is 4.74 Å². The highest BCUT2D eigenvalue weighted by molar-refractivity contribution is 5.65. The van der Waals surface area contributed by atoms with E-state index in [0.29, 0.717) is 42.4 Å². The molecule has 0 amide bonds. The largest absolute Gasteiger partial charge is 0.491 e. The number of hydrogen-bond donors (Lipinski definition) is 0. The molecule has 0 radical (unpaired) electrons. The molecule has 174 valence electrons. The maximum absolute atomic E-state index is 15.0. The standard InChI is InChI=1S/C28H28F4O/c1-3-17-5-7-18(8-6-17)21-13-14-22(26(30)25(21)29)19-9-11-20(12-10-19)23-15-16-24(33-4-2)28(32)27(23)31/h5-8,13-16,19-20H,3-4,9-12H2,1-2H3. The van der Waals surface area contributed by atoms with Crippen LogP contribution in [-0.2, 0) is 6.42 Å². The van der Waals surface area contributed by atoms with Crippen LogP contribution < -0.4 is 4.74 Å². The Morgan fingerprint density at radius 2 is 1.21 bits per heavy atom. The fraction of sp³-hybridized carbons (Fsp3) is 0.357. The molecular weight excluding hydrogens is 428 g/mol. The molecule has 1 saturated carbocycles. The van der Waals surface area contributed by atoms with Gasteiger partial charge >= 0.3 is 0 Å². The summed E-state index contributed by atoms with van der Waals surface area (Å²) in [6.07, 6.45) is 3.21. The van der Waals surface area contributed by atoms with Gasteiger partial charge in [-0.25, -0.2) is 13.2 Å². The molecule has 0 aliphatic heterocycles. The van der Waals surface area contributed by atoms with Gasteiger partial charge in [-0.2, -0.15) is 4.39 Å². The van der Waals surface area contributed by atoms with E-state index in [1.165, 1.54) is 6.07 Å². The predicted molar refractivity (Wildman–Crippen MR) is 123 cm³/mol. The summed E-state index contributed by atoms with van der Waals surface area (Å²) in [5, 5.41) is 0. The van der Waals surface area contributed by atoms with Gasteiger partial charge in [-0.1, -0.05) is 49.4 Å². The molecule has 0 saturated heterocycles. The molecule has 1 fully saturated rings. The molecule has 3 aromatic carbocycles. The number of benzene rings is 3. The molecule has 0 bridgehead atoms. The third-order valence-corrected chi connectivity index (χ3v) is 6.77. The third kappa shape index (κ3) is 4.64. The summed E-state index contributed by atoms with van der Waals surface area (Å²) in [6, 6.07) is 13.8. The molecule has 0 atom stereocenters. The minimum atomic E-state index is -0.966. The van der Waals surface area contributed by atoms with E-state index in [0.717, 1.165) is 12.0 Å². The van der Waals surface area contributed by atoms with Crippen LogP contribution in [0.4, 0.5) is 17.6 Å². The number of hydrogen-bond acceptors (Lipinski definition) is 1. The van der Waals surface area contributed by atoms with E-state index in [1.807, 2.05) is 31.2 Å². The summed E-state index contributed by atoms with van der Waals surface area (Å²) >= 11 is 0. The van der Waals surface area contributed by atoms with Crippen LogP contribution in [-0.4, -0.2) is 6.61 Å². The highest BCUT2D eigenvalue weighted by Gasteiger charge is 2.29. The van der Waals surface area contributed by atoms with Gasteiger partial charge in [0.2, 0.25) is 5.82 Å². The molecule has 5 heteroatoms. The van der Waals surface area contributed by atoms with E-state index in [-0.39, 0.29) is 29.8 Å². The van der Waals surface area contributed by atoms with Crippen LogP contribution in [0.1, 0.15) is 68.1 Å². The molecule has 0 spiro atoms. The van der Waals surface area contributed by atoms with E-state index >= 15 is 4.39 Å². The highest BCUT2D eigenvalue weighted by Crippen LogP contribution is 2.43. The Hall–Kier alpha value is -2.82. The molecule has 0 unspecified atom stereocenters. The van der Waals surface area contributed by atoms with Crippen molar-refractivity contribution in [1.82, 2.24) is 0 Å². The second kappa shape index (κ2) is 9.98. The number of halogens is 4. The zero-order valence-corrected chi connectivity index (χ0v) is 18.9. The van der Waals surface area contributed by atoms with Gasteiger partial charge in [0.1, 0.15) is 0 Å². The average Bonchev–Trinajstić information content (AvgIpc) is 2.84. The summed E-state index contributed by atoms with van der Waals surface area (Å²) < 4.78 is 64.0. The zero-order valence-electron chi connectivity index (χ0n) is 18.9. The van der Waals surface area contributed by atoms with Gasteiger partial charge in [0.25, 0.3) is 0 Å². The van der Waals surface area contributed by atoms with Crippen LogP contribution in [0.5, 0.6) is 5.75 Å². The summed E-state index contributed by atoms with van der Waals surface area (Å²) in [5.74, 6) is -3.88. The van der Waals surface area contributed by atoms with Crippen LogP contribution in [0.25, 0.3) is 11.1 Å². The quantitative estimate of drug-likeness (QED) is 0.339. The number of rotatable bonds is 6. The summed E-state index contributed by atoms with van der Waals surface area (Å²) in [6.45, 7) is 4.01. The van der Waals surface area contributed by atoms with Crippen LogP contribution in [0.15, 0.2) is 48.5 Å². The van der Waals surface area contributed by atoms with Crippen LogP contribution in [0.2, 0.25) is 0 Å². The lowest BCUT2D eigenvalue weighted by Crippen LogP contribution is -2.15. The smallest absolute Gasteiger partial charge is 0.200 e. The van der Waals surface area contributed by atoms with Gasteiger partial charge in [0.15, 0.2) is 23.2 Å². The van der Waals surface area contributed by atoms with Crippen LogP contribution >= 0.6 is 0 Å². The Labute approximate surface area is 192 Å².